The SMILES string of the molecule is CCCN(CC(=O)N(CCc1c[nH]c2ccccc12)Cc1ccccc1OC)C(=O)c1ccc([N+](=O)[O-])cc1. The van der Waals surface area contributed by atoms with E-state index < -0.39 is 4.92 Å². The van der Waals surface area contributed by atoms with Crippen molar-refractivity contribution in [2.45, 2.75) is 26.3 Å². The van der Waals surface area contributed by atoms with Gasteiger partial charge in [-0.05, 0) is 42.7 Å². The first-order valence-corrected chi connectivity index (χ1v) is 12.9. The van der Waals surface area contributed by atoms with E-state index in [0.29, 0.717) is 43.8 Å². The summed E-state index contributed by atoms with van der Waals surface area (Å²) in [7, 11) is 1.60. The maximum atomic E-state index is 13.7. The quantitative estimate of drug-likeness (QED) is 0.201. The molecule has 9 heteroatoms. The number of benzene rings is 3. The van der Waals surface area contributed by atoms with Crippen LogP contribution in [0.2, 0.25) is 0 Å². The number of nitro benzene ring substituents is 1. The van der Waals surface area contributed by atoms with E-state index in [0.717, 1.165) is 22.0 Å². The van der Waals surface area contributed by atoms with Gasteiger partial charge in [-0.3, -0.25) is 19.7 Å². The molecule has 9 nitrogen and oxygen atoms in total. The standard InChI is InChI=1S/C30H32N4O5/c1-3-17-33(30(36)22-12-14-25(15-13-22)34(37)38)21-29(35)32(20-24-8-4-7-11-28(24)39-2)18-16-23-19-31-27-10-6-5-9-26(23)27/h4-15,19,31H,3,16-18,20-21H2,1-2H3. The Morgan fingerprint density at radius 1 is 0.923 bits per heavy atom. The van der Waals surface area contributed by atoms with Crippen molar-refractivity contribution < 1.29 is 19.2 Å². The maximum Gasteiger partial charge on any atom is 0.269 e. The highest BCUT2D eigenvalue weighted by Crippen LogP contribution is 2.22. The number of carbonyl (C=O) groups excluding carboxylic acids is 2. The Balaban J connectivity index is 1.55. The predicted molar refractivity (Wildman–Crippen MR) is 150 cm³/mol. The second-order valence-corrected chi connectivity index (χ2v) is 9.27. The molecule has 1 heterocycles. The summed E-state index contributed by atoms with van der Waals surface area (Å²) in [6.45, 7) is 2.99. The number of aromatic amines is 1. The van der Waals surface area contributed by atoms with Gasteiger partial charge >= 0.3 is 0 Å². The summed E-state index contributed by atoms with van der Waals surface area (Å²) in [6, 6.07) is 21.1. The van der Waals surface area contributed by atoms with Crippen LogP contribution in [0.5, 0.6) is 5.75 Å². The molecule has 4 aromatic rings. The van der Waals surface area contributed by atoms with Crippen LogP contribution in [0.4, 0.5) is 5.69 Å². The molecule has 0 atom stereocenters. The summed E-state index contributed by atoms with van der Waals surface area (Å²) in [5.41, 5.74) is 3.23. The van der Waals surface area contributed by atoms with Crippen LogP contribution in [0.25, 0.3) is 10.9 Å². The Kier molecular flexibility index (Phi) is 8.94. The van der Waals surface area contributed by atoms with Crippen LogP contribution in [0.3, 0.4) is 0 Å². The number of hydrogen-bond acceptors (Lipinski definition) is 5. The maximum absolute atomic E-state index is 13.7. The van der Waals surface area contributed by atoms with Crippen LogP contribution in [0.15, 0.2) is 79.0 Å². The van der Waals surface area contributed by atoms with Crippen LogP contribution >= 0.6 is 0 Å². The van der Waals surface area contributed by atoms with Gasteiger partial charge in [0.15, 0.2) is 0 Å². The zero-order valence-electron chi connectivity index (χ0n) is 22.1. The van der Waals surface area contributed by atoms with Crippen LogP contribution < -0.4 is 4.74 Å². The largest absolute Gasteiger partial charge is 0.496 e. The number of H-pyrrole nitrogens is 1. The molecule has 4 rings (SSSR count). The number of hydrogen-bond donors (Lipinski definition) is 1. The Hall–Kier alpha value is -4.66. The third-order valence-electron chi connectivity index (χ3n) is 6.66. The summed E-state index contributed by atoms with van der Waals surface area (Å²) in [6.07, 6.45) is 3.26. The first-order chi connectivity index (χ1) is 18.9. The number of methoxy groups -OCH3 is 1. The van der Waals surface area contributed by atoms with Crippen molar-refractivity contribution in [3.8, 4) is 5.75 Å². The topological polar surface area (TPSA) is 109 Å². The van der Waals surface area contributed by atoms with Crippen molar-refractivity contribution in [2.75, 3.05) is 26.7 Å². The lowest BCUT2D eigenvalue weighted by Crippen LogP contribution is -2.43. The molecule has 1 aromatic heterocycles. The highest BCUT2D eigenvalue weighted by Gasteiger charge is 2.23. The van der Waals surface area contributed by atoms with E-state index in [9.17, 15) is 19.7 Å². The lowest BCUT2D eigenvalue weighted by Gasteiger charge is -2.28. The molecule has 3 aromatic carbocycles. The second kappa shape index (κ2) is 12.7. The molecule has 0 saturated carbocycles. The minimum atomic E-state index is -0.509. The Bertz CT molecular complexity index is 1450. The zero-order valence-corrected chi connectivity index (χ0v) is 22.1. The fourth-order valence-corrected chi connectivity index (χ4v) is 4.62. The number of nitro groups is 1. The third kappa shape index (κ3) is 6.62. The van der Waals surface area contributed by atoms with Crippen LogP contribution in [0, 0.1) is 10.1 Å². The number of carbonyl (C=O) groups is 2. The summed E-state index contributed by atoms with van der Waals surface area (Å²) in [5, 5.41) is 12.1. The fourth-order valence-electron chi connectivity index (χ4n) is 4.62. The third-order valence-corrected chi connectivity index (χ3v) is 6.66. The van der Waals surface area contributed by atoms with Gasteiger partial charge < -0.3 is 19.5 Å². The Morgan fingerprint density at radius 2 is 1.64 bits per heavy atom. The number of para-hydroxylation sites is 2. The number of nitrogens with zero attached hydrogens (tertiary/aromatic N) is 3. The van der Waals surface area contributed by atoms with Gasteiger partial charge in [-0.15, -0.1) is 0 Å². The van der Waals surface area contributed by atoms with Gasteiger partial charge in [0.1, 0.15) is 12.3 Å². The average Bonchev–Trinajstić information content (AvgIpc) is 3.37. The molecule has 0 bridgehead atoms. The van der Waals surface area contributed by atoms with Crippen LogP contribution in [0.1, 0.15) is 34.8 Å². The number of amides is 2. The van der Waals surface area contributed by atoms with E-state index in [-0.39, 0.29) is 24.0 Å². The molecule has 0 radical (unpaired) electrons. The van der Waals surface area contributed by atoms with E-state index in [1.165, 1.54) is 29.2 Å². The Labute approximate surface area is 227 Å². The van der Waals surface area contributed by atoms with Gasteiger partial charge in [0.05, 0.1) is 12.0 Å². The number of fused-ring (bicyclic) bond motifs is 1. The summed E-state index contributed by atoms with van der Waals surface area (Å²) < 4.78 is 5.52. The van der Waals surface area contributed by atoms with E-state index in [1.807, 2.05) is 55.6 Å². The van der Waals surface area contributed by atoms with Crippen molar-refractivity contribution in [3.63, 3.8) is 0 Å². The molecule has 1 N–H and O–H groups in total. The number of aromatic nitrogens is 1. The molecule has 0 saturated heterocycles. The van der Waals surface area contributed by atoms with Crippen LogP contribution in [-0.2, 0) is 17.8 Å². The van der Waals surface area contributed by atoms with E-state index >= 15 is 0 Å². The normalized spacial score (nSPS) is 10.8. The molecule has 0 aliphatic rings. The molecule has 39 heavy (non-hydrogen) atoms. The number of non-ortho nitro benzene ring substituents is 1. The average molecular weight is 529 g/mol. The van der Waals surface area contributed by atoms with Crippen molar-refractivity contribution in [1.29, 1.82) is 0 Å². The predicted octanol–water partition coefficient (Wildman–Crippen LogP) is 5.21. The molecule has 0 unspecified atom stereocenters. The smallest absolute Gasteiger partial charge is 0.269 e. The van der Waals surface area contributed by atoms with Crippen molar-refractivity contribution >= 4 is 28.4 Å². The number of rotatable bonds is 12. The molecule has 0 aliphatic heterocycles. The molecule has 0 spiro atoms. The minimum absolute atomic E-state index is 0.0927. The van der Waals surface area contributed by atoms with E-state index in [1.54, 1.807) is 12.0 Å². The number of nitrogens with one attached hydrogen (secondary N) is 1. The first kappa shape index (κ1) is 27.4. The summed E-state index contributed by atoms with van der Waals surface area (Å²) in [4.78, 5) is 44.1. The Morgan fingerprint density at radius 3 is 2.36 bits per heavy atom. The first-order valence-electron chi connectivity index (χ1n) is 12.9. The monoisotopic (exact) mass is 528 g/mol. The lowest BCUT2D eigenvalue weighted by molar-refractivity contribution is -0.384. The molecule has 2 amide bonds. The molecular weight excluding hydrogens is 496 g/mol. The van der Waals surface area contributed by atoms with E-state index in [2.05, 4.69) is 11.1 Å². The van der Waals surface area contributed by atoms with Gasteiger partial charge in [0.2, 0.25) is 5.91 Å². The minimum Gasteiger partial charge on any atom is -0.496 e. The van der Waals surface area contributed by atoms with Gasteiger partial charge in [0.25, 0.3) is 11.6 Å². The summed E-state index contributed by atoms with van der Waals surface area (Å²) in [5.74, 6) is 0.160. The van der Waals surface area contributed by atoms with E-state index in [4.69, 9.17) is 4.74 Å². The summed E-state index contributed by atoms with van der Waals surface area (Å²) >= 11 is 0. The van der Waals surface area contributed by atoms with Gasteiger partial charge in [0, 0.05) is 60.0 Å². The number of ether oxygens (including phenoxy) is 1. The molecule has 0 aliphatic carbocycles. The van der Waals surface area contributed by atoms with Crippen molar-refractivity contribution in [3.05, 3.63) is 106 Å². The molecular formula is C30H32N4O5. The van der Waals surface area contributed by atoms with Crippen molar-refractivity contribution in [1.82, 2.24) is 14.8 Å². The van der Waals surface area contributed by atoms with Crippen LogP contribution in [-0.4, -0.2) is 58.3 Å². The second-order valence-electron chi connectivity index (χ2n) is 9.27. The zero-order chi connectivity index (χ0) is 27.8. The van der Waals surface area contributed by atoms with Gasteiger partial charge in [-0.25, -0.2) is 0 Å². The fraction of sp³-hybridized carbons (Fsp3) is 0.267. The highest BCUT2D eigenvalue weighted by atomic mass is 16.6. The van der Waals surface area contributed by atoms with Gasteiger partial charge in [-0.2, -0.15) is 0 Å². The van der Waals surface area contributed by atoms with Crippen molar-refractivity contribution in [2.24, 2.45) is 0 Å². The molecule has 0 fully saturated rings. The highest BCUT2D eigenvalue weighted by molar-refractivity contribution is 5.96. The molecule has 202 valence electrons. The lowest BCUT2D eigenvalue weighted by atomic mass is 10.1. The van der Waals surface area contributed by atoms with Gasteiger partial charge in [-0.1, -0.05) is 43.3 Å².